The van der Waals surface area contributed by atoms with Crippen LogP contribution in [0.15, 0.2) is 34.6 Å². The number of amides is 1. The topological polar surface area (TPSA) is 60.8 Å². The molecule has 0 radical (unpaired) electrons. The molecule has 7 heteroatoms. The zero-order chi connectivity index (χ0) is 21.8. The van der Waals surface area contributed by atoms with Crippen LogP contribution in [-0.4, -0.2) is 47.9 Å². The number of benzene rings is 1. The molecule has 0 spiro atoms. The van der Waals surface area contributed by atoms with Gasteiger partial charge in [0.15, 0.2) is 5.96 Å². The van der Waals surface area contributed by atoms with Crippen LogP contribution in [0.1, 0.15) is 68.1 Å². The number of hydrogen-bond donors (Lipinski definition) is 1. The fourth-order valence-electron chi connectivity index (χ4n) is 4.41. The highest BCUT2D eigenvalue weighted by Gasteiger charge is 2.32. The molecule has 1 fully saturated rings. The Hall–Kier alpha value is -2.41. The van der Waals surface area contributed by atoms with Crippen LogP contribution in [0.3, 0.4) is 0 Å². The van der Waals surface area contributed by atoms with Gasteiger partial charge in [0.25, 0.3) is 0 Å². The number of rotatable bonds is 7. The minimum atomic E-state index is 0.307. The van der Waals surface area contributed by atoms with Gasteiger partial charge in [-0.1, -0.05) is 32.0 Å². The van der Waals surface area contributed by atoms with Crippen LogP contribution in [-0.2, 0) is 11.3 Å². The van der Waals surface area contributed by atoms with E-state index in [2.05, 4.69) is 60.6 Å². The van der Waals surface area contributed by atoms with Crippen molar-refractivity contribution in [2.24, 2.45) is 4.99 Å². The first-order chi connectivity index (χ1) is 15.1. The van der Waals surface area contributed by atoms with Crippen molar-refractivity contribution >= 4 is 28.9 Å². The van der Waals surface area contributed by atoms with E-state index in [4.69, 9.17) is 9.98 Å². The minimum Gasteiger partial charge on any atom is -0.356 e. The molecule has 0 bridgehead atoms. The Morgan fingerprint density at radius 1 is 1.35 bits per heavy atom. The Morgan fingerprint density at radius 3 is 2.90 bits per heavy atom. The number of nitrogens with zero attached hydrogens (tertiary/aromatic N) is 4. The second-order valence-electron chi connectivity index (χ2n) is 8.64. The molecule has 2 aromatic rings. The number of carbonyl (C=O) groups excluding carboxylic acids is 1. The summed E-state index contributed by atoms with van der Waals surface area (Å²) in [6.07, 6.45) is 2.70. The molecule has 1 aromatic heterocycles. The van der Waals surface area contributed by atoms with Gasteiger partial charge in [0.2, 0.25) is 5.91 Å². The number of guanidine groups is 1. The number of nitrogens with one attached hydrogen (secondary N) is 1. The number of aromatic nitrogens is 1. The van der Waals surface area contributed by atoms with Crippen molar-refractivity contribution in [2.75, 3.05) is 31.1 Å². The normalized spacial score (nSPS) is 18.9. The van der Waals surface area contributed by atoms with Gasteiger partial charge in [0.05, 0.1) is 17.2 Å². The molecule has 2 aliphatic rings. The number of anilines is 1. The molecule has 3 heterocycles. The average Bonchev–Trinajstić information content (AvgIpc) is 3.48. The van der Waals surface area contributed by atoms with Crippen molar-refractivity contribution in [1.82, 2.24) is 15.2 Å². The van der Waals surface area contributed by atoms with Gasteiger partial charge in [0.1, 0.15) is 0 Å². The maximum absolute atomic E-state index is 12.0. The van der Waals surface area contributed by atoms with Crippen molar-refractivity contribution in [1.29, 1.82) is 0 Å². The number of fused-ring (bicyclic) bond motifs is 1. The number of carbonyl (C=O) groups is 1. The molecular weight excluding hydrogens is 406 g/mol. The molecule has 6 nitrogen and oxygen atoms in total. The molecule has 2 aliphatic heterocycles. The summed E-state index contributed by atoms with van der Waals surface area (Å²) in [5, 5.41) is 6.76. The third kappa shape index (κ3) is 4.92. The average molecular weight is 440 g/mol. The van der Waals surface area contributed by atoms with Gasteiger partial charge in [-0.05, 0) is 31.4 Å². The highest BCUT2D eigenvalue weighted by atomic mass is 32.1. The maximum Gasteiger partial charge on any atom is 0.222 e. The summed E-state index contributed by atoms with van der Waals surface area (Å²) in [5.41, 5.74) is 3.61. The van der Waals surface area contributed by atoms with Gasteiger partial charge >= 0.3 is 0 Å². The standard InChI is InChI=1S/C24H33N5OS/c1-4-25-24(26-14-19-16-31-23(27-19)17(2)3)29-15-18(20-8-5-6-9-21(20)29)11-13-28-12-7-10-22(28)30/h5-6,8-9,16-18H,4,7,10-15H2,1-3H3,(H,25,26). The number of aliphatic imine (C=N–C) groups is 1. The van der Waals surface area contributed by atoms with Gasteiger partial charge in [0, 0.05) is 55.5 Å². The number of hydrogen-bond acceptors (Lipinski definition) is 4. The van der Waals surface area contributed by atoms with E-state index in [0.29, 0.717) is 30.7 Å². The van der Waals surface area contributed by atoms with Crippen LogP contribution in [0.2, 0.25) is 0 Å². The summed E-state index contributed by atoms with van der Waals surface area (Å²) in [7, 11) is 0. The molecule has 1 unspecified atom stereocenters. The van der Waals surface area contributed by atoms with E-state index in [0.717, 1.165) is 50.7 Å². The fourth-order valence-corrected chi connectivity index (χ4v) is 5.23. The van der Waals surface area contributed by atoms with E-state index in [-0.39, 0.29) is 0 Å². The second-order valence-corrected chi connectivity index (χ2v) is 9.53. The van der Waals surface area contributed by atoms with E-state index < -0.39 is 0 Å². The molecule has 4 rings (SSSR count). The van der Waals surface area contributed by atoms with Crippen LogP contribution in [0.25, 0.3) is 0 Å². The first kappa shape index (κ1) is 21.8. The Morgan fingerprint density at radius 2 is 2.19 bits per heavy atom. The summed E-state index contributed by atoms with van der Waals surface area (Å²) < 4.78 is 0. The smallest absolute Gasteiger partial charge is 0.222 e. The molecule has 0 saturated carbocycles. The lowest BCUT2D eigenvalue weighted by atomic mass is 9.98. The summed E-state index contributed by atoms with van der Waals surface area (Å²) >= 11 is 1.72. The Balaban J connectivity index is 1.50. The molecule has 1 amide bonds. The van der Waals surface area contributed by atoms with Crippen LogP contribution in [0.5, 0.6) is 0 Å². The van der Waals surface area contributed by atoms with E-state index in [1.807, 2.05) is 4.90 Å². The van der Waals surface area contributed by atoms with Crippen molar-refractivity contribution in [3.8, 4) is 0 Å². The fraction of sp³-hybridized carbons (Fsp3) is 0.542. The van der Waals surface area contributed by atoms with Gasteiger partial charge in [-0.15, -0.1) is 11.3 Å². The quantitative estimate of drug-likeness (QED) is 0.515. The summed E-state index contributed by atoms with van der Waals surface area (Å²) in [4.78, 5) is 26.0. The largest absolute Gasteiger partial charge is 0.356 e. The second kappa shape index (κ2) is 9.81. The molecule has 31 heavy (non-hydrogen) atoms. The lowest BCUT2D eigenvalue weighted by Crippen LogP contribution is -2.41. The first-order valence-electron chi connectivity index (χ1n) is 11.4. The Kier molecular flexibility index (Phi) is 6.90. The van der Waals surface area contributed by atoms with Gasteiger partial charge in [-0.3, -0.25) is 4.79 Å². The zero-order valence-corrected chi connectivity index (χ0v) is 19.6. The minimum absolute atomic E-state index is 0.307. The zero-order valence-electron chi connectivity index (χ0n) is 18.8. The van der Waals surface area contributed by atoms with Gasteiger partial charge in [-0.25, -0.2) is 9.98 Å². The number of thiazole rings is 1. The Bertz CT molecular complexity index is 938. The molecule has 1 aromatic carbocycles. The summed E-state index contributed by atoms with van der Waals surface area (Å²) in [5.74, 6) is 2.07. The van der Waals surface area contributed by atoms with Crippen molar-refractivity contribution in [3.05, 3.63) is 45.9 Å². The molecule has 0 aliphatic carbocycles. The predicted octanol–water partition coefficient (Wildman–Crippen LogP) is 4.35. The Labute approximate surface area is 189 Å². The van der Waals surface area contributed by atoms with E-state index in [9.17, 15) is 4.79 Å². The van der Waals surface area contributed by atoms with Crippen LogP contribution >= 0.6 is 11.3 Å². The monoisotopic (exact) mass is 439 g/mol. The van der Waals surface area contributed by atoms with E-state index in [1.165, 1.54) is 16.3 Å². The lowest BCUT2D eigenvalue weighted by Gasteiger charge is -2.23. The van der Waals surface area contributed by atoms with E-state index >= 15 is 0 Å². The van der Waals surface area contributed by atoms with Crippen LogP contribution in [0.4, 0.5) is 5.69 Å². The van der Waals surface area contributed by atoms with Crippen LogP contribution < -0.4 is 10.2 Å². The highest BCUT2D eigenvalue weighted by Crippen LogP contribution is 2.38. The first-order valence-corrected chi connectivity index (χ1v) is 12.3. The van der Waals surface area contributed by atoms with Crippen molar-refractivity contribution in [3.63, 3.8) is 0 Å². The molecular formula is C24H33N5OS. The van der Waals surface area contributed by atoms with E-state index in [1.54, 1.807) is 11.3 Å². The predicted molar refractivity (Wildman–Crippen MR) is 128 cm³/mol. The van der Waals surface area contributed by atoms with Crippen molar-refractivity contribution in [2.45, 2.75) is 58.4 Å². The van der Waals surface area contributed by atoms with Gasteiger partial charge < -0.3 is 15.1 Å². The van der Waals surface area contributed by atoms with Gasteiger partial charge in [-0.2, -0.15) is 0 Å². The number of likely N-dealkylation sites (tertiary alicyclic amines) is 1. The summed E-state index contributed by atoms with van der Waals surface area (Å²) in [6.45, 7) is 10.5. The third-order valence-corrected chi connectivity index (χ3v) is 7.23. The molecule has 1 N–H and O–H groups in total. The molecule has 1 saturated heterocycles. The third-order valence-electron chi connectivity index (χ3n) is 6.03. The molecule has 166 valence electrons. The van der Waals surface area contributed by atoms with Crippen molar-refractivity contribution < 1.29 is 4.79 Å². The summed E-state index contributed by atoms with van der Waals surface area (Å²) in [6, 6.07) is 8.62. The number of para-hydroxylation sites is 1. The molecule has 1 atom stereocenters. The SMILES string of the molecule is CCNC(=NCc1csc(C(C)C)n1)N1CC(CCN2CCCC2=O)c2ccccc21. The van der Waals surface area contributed by atoms with Crippen LogP contribution in [0, 0.1) is 0 Å². The highest BCUT2D eigenvalue weighted by molar-refractivity contribution is 7.09. The maximum atomic E-state index is 12.0. The lowest BCUT2D eigenvalue weighted by molar-refractivity contribution is -0.127.